The van der Waals surface area contributed by atoms with Crippen LogP contribution in [0.4, 0.5) is 0 Å². The third-order valence-corrected chi connectivity index (χ3v) is 3.21. The molecule has 0 atom stereocenters. The number of thiophene rings is 1. The van der Waals surface area contributed by atoms with E-state index in [0.29, 0.717) is 6.54 Å². The van der Waals surface area contributed by atoms with Gasteiger partial charge < -0.3 is 10.7 Å². The summed E-state index contributed by atoms with van der Waals surface area (Å²) in [7, 11) is 0. The zero-order chi connectivity index (χ0) is 9.26. The number of hydrogen-bond acceptors (Lipinski definition) is 2. The maximum atomic E-state index is 5.64. The minimum atomic E-state index is 0.593. The van der Waals surface area contributed by atoms with Crippen molar-refractivity contribution in [3.8, 4) is 10.4 Å². The molecule has 3 heteroatoms. The Kier molecular flexibility index (Phi) is 2.20. The molecule has 2 rings (SSSR count). The van der Waals surface area contributed by atoms with Gasteiger partial charge in [0.1, 0.15) is 0 Å². The second-order valence-corrected chi connectivity index (χ2v) is 3.95. The Hall–Kier alpha value is -1.06. The first kappa shape index (κ1) is 8.53. The smallest absolute Gasteiger partial charge is 0.0390 e. The van der Waals surface area contributed by atoms with Gasteiger partial charge in [0.15, 0.2) is 0 Å². The van der Waals surface area contributed by atoms with E-state index in [2.05, 4.69) is 23.4 Å². The first-order valence-electron chi connectivity index (χ1n) is 4.23. The summed E-state index contributed by atoms with van der Waals surface area (Å²) in [5, 5.41) is 2.11. The van der Waals surface area contributed by atoms with Gasteiger partial charge in [0.05, 0.1) is 0 Å². The molecule has 0 saturated heterocycles. The lowest BCUT2D eigenvalue weighted by atomic mass is 10.1. The van der Waals surface area contributed by atoms with Crippen LogP contribution in [0.5, 0.6) is 0 Å². The number of rotatable bonds is 2. The predicted octanol–water partition coefficient (Wildman–Crippen LogP) is 2.51. The van der Waals surface area contributed by atoms with Crippen LogP contribution in [0.15, 0.2) is 23.8 Å². The van der Waals surface area contributed by atoms with Gasteiger partial charge in [-0.3, -0.25) is 0 Å². The molecule has 68 valence electrons. The van der Waals surface area contributed by atoms with Crippen LogP contribution in [0.1, 0.15) is 11.1 Å². The lowest BCUT2D eigenvalue weighted by Crippen LogP contribution is -1.95. The Morgan fingerprint density at radius 2 is 2.31 bits per heavy atom. The highest BCUT2D eigenvalue weighted by atomic mass is 32.1. The maximum absolute atomic E-state index is 5.64. The predicted molar refractivity (Wildman–Crippen MR) is 56.7 cm³/mol. The average Bonchev–Trinajstić information content (AvgIpc) is 2.71. The second kappa shape index (κ2) is 3.36. The van der Waals surface area contributed by atoms with Crippen molar-refractivity contribution < 1.29 is 0 Å². The summed E-state index contributed by atoms with van der Waals surface area (Å²) in [6, 6.07) is 2.13. The first-order valence-corrected chi connectivity index (χ1v) is 5.11. The molecule has 0 aliphatic heterocycles. The van der Waals surface area contributed by atoms with Crippen LogP contribution < -0.4 is 5.73 Å². The lowest BCUT2D eigenvalue weighted by molar-refractivity contribution is 1.08. The van der Waals surface area contributed by atoms with Crippen LogP contribution in [0.2, 0.25) is 0 Å². The van der Waals surface area contributed by atoms with Gasteiger partial charge in [-0.05, 0) is 29.5 Å². The normalized spacial score (nSPS) is 10.6. The number of aromatic nitrogens is 1. The fourth-order valence-electron chi connectivity index (χ4n) is 1.42. The molecular weight excluding hydrogens is 180 g/mol. The van der Waals surface area contributed by atoms with E-state index in [-0.39, 0.29) is 0 Å². The van der Waals surface area contributed by atoms with Gasteiger partial charge in [0.25, 0.3) is 0 Å². The molecule has 0 aliphatic rings. The summed E-state index contributed by atoms with van der Waals surface area (Å²) >= 11 is 1.76. The van der Waals surface area contributed by atoms with Crippen LogP contribution in [0.3, 0.4) is 0 Å². The molecule has 0 aromatic carbocycles. The minimum Gasteiger partial charge on any atom is -0.367 e. The van der Waals surface area contributed by atoms with Crippen molar-refractivity contribution in [2.45, 2.75) is 13.5 Å². The number of H-pyrrole nitrogens is 1. The quantitative estimate of drug-likeness (QED) is 0.754. The fraction of sp³-hybridized carbons (Fsp3) is 0.200. The van der Waals surface area contributed by atoms with Crippen molar-refractivity contribution >= 4 is 11.3 Å². The van der Waals surface area contributed by atoms with Crippen molar-refractivity contribution in [1.82, 2.24) is 4.98 Å². The Labute approximate surface area is 81.4 Å². The molecular formula is C10H12N2S. The van der Waals surface area contributed by atoms with E-state index in [1.807, 2.05) is 12.4 Å². The molecule has 2 aromatic heterocycles. The maximum Gasteiger partial charge on any atom is 0.0390 e. The minimum absolute atomic E-state index is 0.593. The molecule has 0 saturated carbocycles. The molecule has 2 heterocycles. The molecule has 0 bridgehead atoms. The number of aromatic amines is 1. The van der Waals surface area contributed by atoms with E-state index in [4.69, 9.17) is 5.73 Å². The van der Waals surface area contributed by atoms with Crippen LogP contribution in [-0.4, -0.2) is 4.98 Å². The van der Waals surface area contributed by atoms with Crippen LogP contribution in [0, 0.1) is 6.92 Å². The van der Waals surface area contributed by atoms with Gasteiger partial charge in [0.2, 0.25) is 0 Å². The molecule has 3 N–H and O–H groups in total. The summed E-state index contributed by atoms with van der Waals surface area (Å²) in [4.78, 5) is 4.41. The van der Waals surface area contributed by atoms with E-state index < -0.39 is 0 Å². The number of nitrogens with two attached hydrogens (primary N) is 1. The van der Waals surface area contributed by atoms with Crippen LogP contribution in [-0.2, 0) is 6.54 Å². The van der Waals surface area contributed by atoms with Crippen molar-refractivity contribution in [3.05, 3.63) is 35.0 Å². The largest absolute Gasteiger partial charge is 0.367 e. The second-order valence-electron chi connectivity index (χ2n) is 3.03. The lowest BCUT2D eigenvalue weighted by Gasteiger charge is -1.99. The average molecular weight is 192 g/mol. The summed E-state index contributed by atoms with van der Waals surface area (Å²) in [6.07, 6.45) is 3.98. The molecule has 0 radical (unpaired) electrons. The molecule has 2 aromatic rings. The highest BCUT2D eigenvalue weighted by Crippen LogP contribution is 2.31. The standard InChI is InChI=1S/C10H12N2S/c1-7-2-3-13-10(7)9-6-12-5-8(9)4-11/h2-3,5-6,12H,4,11H2,1H3. The van der Waals surface area contributed by atoms with Gasteiger partial charge >= 0.3 is 0 Å². The van der Waals surface area contributed by atoms with Crippen molar-refractivity contribution in [2.24, 2.45) is 5.73 Å². The molecule has 13 heavy (non-hydrogen) atoms. The fourth-order valence-corrected chi connectivity index (χ4v) is 2.40. The summed E-state index contributed by atoms with van der Waals surface area (Å²) in [5.74, 6) is 0. The zero-order valence-electron chi connectivity index (χ0n) is 7.50. The third kappa shape index (κ3) is 1.41. The van der Waals surface area contributed by atoms with E-state index >= 15 is 0 Å². The van der Waals surface area contributed by atoms with Gasteiger partial charge in [-0.15, -0.1) is 11.3 Å². The monoisotopic (exact) mass is 192 g/mol. The Morgan fingerprint density at radius 3 is 2.92 bits per heavy atom. The van der Waals surface area contributed by atoms with Crippen molar-refractivity contribution in [1.29, 1.82) is 0 Å². The number of hydrogen-bond donors (Lipinski definition) is 2. The third-order valence-electron chi connectivity index (χ3n) is 2.16. The SMILES string of the molecule is Cc1ccsc1-c1c[nH]cc1CN. The molecule has 2 nitrogen and oxygen atoms in total. The van der Waals surface area contributed by atoms with E-state index in [1.54, 1.807) is 11.3 Å². The summed E-state index contributed by atoms with van der Waals surface area (Å²) in [6.45, 7) is 2.72. The van der Waals surface area contributed by atoms with E-state index in [0.717, 1.165) is 0 Å². The van der Waals surface area contributed by atoms with Crippen molar-refractivity contribution in [2.75, 3.05) is 0 Å². The van der Waals surface area contributed by atoms with Gasteiger partial charge in [0, 0.05) is 29.4 Å². The molecule has 0 spiro atoms. The van der Waals surface area contributed by atoms with Crippen molar-refractivity contribution in [3.63, 3.8) is 0 Å². The molecule has 0 aliphatic carbocycles. The van der Waals surface area contributed by atoms with Gasteiger partial charge in [-0.1, -0.05) is 0 Å². The molecule has 0 fully saturated rings. The number of aryl methyl sites for hydroxylation is 1. The van der Waals surface area contributed by atoms with E-state index in [9.17, 15) is 0 Å². The topological polar surface area (TPSA) is 41.8 Å². The van der Waals surface area contributed by atoms with Crippen LogP contribution in [0.25, 0.3) is 10.4 Å². The highest BCUT2D eigenvalue weighted by molar-refractivity contribution is 7.13. The highest BCUT2D eigenvalue weighted by Gasteiger charge is 2.08. The van der Waals surface area contributed by atoms with Gasteiger partial charge in [-0.25, -0.2) is 0 Å². The van der Waals surface area contributed by atoms with Gasteiger partial charge in [-0.2, -0.15) is 0 Å². The molecule has 0 unspecified atom stereocenters. The first-order chi connectivity index (χ1) is 6.33. The van der Waals surface area contributed by atoms with Crippen LogP contribution >= 0.6 is 11.3 Å². The summed E-state index contributed by atoms with van der Waals surface area (Å²) < 4.78 is 0. The number of nitrogens with one attached hydrogen (secondary N) is 1. The molecule has 0 amide bonds. The summed E-state index contributed by atoms with van der Waals surface area (Å²) in [5.41, 5.74) is 9.39. The Balaban J connectivity index is 2.52. The zero-order valence-corrected chi connectivity index (χ0v) is 8.32. The van der Waals surface area contributed by atoms with E-state index in [1.165, 1.54) is 21.6 Å². The Morgan fingerprint density at radius 1 is 1.46 bits per heavy atom. The Bertz CT molecular complexity index is 400.